The summed E-state index contributed by atoms with van der Waals surface area (Å²) in [5, 5.41) is 5.47. The van der Waals surface area contributed by atoms with Gasteiger partial charge in [-0.1, -0.05) is 23.2 Å². The van der Waals surface area contributed by atoms with Gasteiger partial charge in [-0.05, 0) is 31.4 Å². The number of hydrogen-bond donors (Lipinski definition) is 0. The molecule has 8 heteroatoms. The maximum Gasteiger partial charge on any atom is 0.275 e. The SMILES string of the molecule is O=C(c1nn(-c2ccc(F)c(F)c2)c2c1CCC2)N1CCC(Cl)=C(Cl)C1. The standard InChI is InChI=1S/C18H15Cl2F2N3O/c19-12-6-7-24(9-13(12)20)18(26)17-11-2-1-3-16(11)25(23-17)10-4-5-14(21)15(22)8-10/h4-5,8H,1-3,6-7,9H2. The van der Waals surface area contributed by atoms with E-state index in [1.807, 2.05) is 0 Å². The summed E-state index contributed by atoms with van der Waals surface area (Å²) in [6.07, 6.45) is 2.88. The molecule has 1 amide bonds. The quantitative estimate of drug-likeness (QED) is 0.762. The minimum atomic E-state index is -0.944. The number of amides is 1. The fraction of sp³-hybridized carbons (Fsp3) is 0.333. The molecule has 4 nitrogen and oxygen atoms in total. The first kappa shape index (κ1) is 17.5. The van der Waals surface area contributed by atoms with Gasteiger partial charge in [-0.25, -0.2) is 13.5 Å². The van der Waals surface area contributed by atoms with Gasteiger partial charge in [0.15, 0.2) is 17.3 Å². The fourth-order valence-corrected chi connectivity index (χ4v) is 3.85. The predicted molar refractivity (Wildman–Crippen MR) is 94.8 cm³/mol. The van der Waals surface area contributed by atoms with Gasteiger partial charge < -0.3 is 4.90 Å². The molecule has 0 radical (unpaired) electrons. The molecule has 0 saturated carbocycles. The zero-order chi connectivity index (χ0) is 18.4. The van der Waals surface area contributed by atoms with Crippen LogP contribution >= 0.6 is 23.2 Å². The lowest BCUT2D eigenvalue weighted by Crippen LogP contribution is -2.36. The molecule has 0 unspecified atom stereocenters. The lowest BCUT2D eigenvalue weighted by Gasteiger charge is -2.26. The van der Waals surface area contributed by atoms with Crippen molar-refractivity contribution in [3.05, 3.63) is 56.8 Å². The van der Waals surface area contributed by atoms with Crippen LogP contribution in [0.2, 0.25) is 0 Å². The molecule has 0 bridgehead atoms. The summed E-state index contributed by atoms with van der Waals surface area (Å²) >= 11 is 12.1. The summed E-state index contributed by atoms with van der Waals surface area (Å²) in [4.78, 5) is 14.6. The van der Waals surface area contributed by atoms with Gasteiger partial charge in [-0.3, -0.25) is 4.79 Å². The highest BCUT2D eigenvalue weighted by molar-refractivity contribution is 6.39. The summed E-state index contributed by atoms with van der Waals surface area (Å²) in [6.45, 7) is 0.729. The summed E-state index contributed by atoms with van der Waals surface area (Å²) in [5.74, 6) is -2.08. The first-order chi connectivity index (χ1) is 12.5. The van der Waals surface area contributed by atoms with Gasteiger partial charge in [0.05, 0.1) is 17.3 Å². The zero-order valence-electron chi connectivity index (χ0n) is 13.7. The Morgan fingerprint density at radius 3 is 2.62 bits per heavy atom. The van der Waals surface area contributed by atoms with E-state index in [1.54, 1.807) is 9.58 Å². The van der Waals surface area contributed by atoms with E-state index in [4.69, 9.17) is 23.2 Å². The first-order valence-corrected chi connectivity index (χ1v) is 9.10. The van der Waals surface area contributed by atoms with E-state index in [-0.39, 0.29) is 12.5 Å². The third-order valence-corrected chi connectivity index (χ3v) is 5.65. The number of nitrogens with zero attached hydrogens (tertiary/aromatic N) is 3. The van der Waals surface area contributed by atoms with Gasteiger partial charge in [0, 0.05) is 35.3 Å². The van der Waals surface area contributed by atoms with E-state index in [9.17, 15) is 13.6 Å². The molecule has 1 aromatic carbocycles. The van der Waals surface area contributed by atoms with Crippen molar-refractivity contribution in [3.63, 3.8) is 0 Å². The van der Waals surface area contributed by atoms with Crippen LogP contribution in [0.1, 0.15) is 34.6 Å². The van der Waals surface area contributed by atoms with Gasteiger partial charge in [0.25, 0.3) is 5.91 Å². The maximum absolute atomic E-state index is 13.6. The second-order valence-corrected chi connectivity index (χ2v) is 7.34. The highest BCUT2D eigenvalue weighted by Crippen LogP contribution is 2.31. The average Bonchev–Trinajstić information content (AvgIpc) is 3.22. The average molecular weight is 398 g/mol. The van der Waals surface area contributed by atoms with Crippen LogP contribution in [-0.2, 0) is 12.8 Å². The Kier molecular flexibility index (Phi) is 4.49. The highest BCUT2D eigenvalue weighted by atomic mass is 35.5. The number of halogens is 4. The van der Waals surface area contributed by atoms with Crippen LogP contribution in [0.25, 0.3) is 5.69 Å². The van der Waals surface area contributed by atoms with Crippen molar-refractivity contribution in [2.75, 3.05) is 13.1 Å². The van der Waals surface area contributed by atoms with Crippen molar-refractivity contribution in [2.45, 2.75) is 25.7 Å². The maximum atomic E-state index is 13.6. The van der Waals surface area contributed by atoms with Crippen molar-refractivity contribution >= 4 is 29.1 Å². The number of rotatable bonds is 2. The van der Waals surface area contributed by atoms with Gasteiger partial charge in [0.2, 0.25) is 0 Å². The van der Waals surface area contributed by atoms with Crippen molar-refractivity contribution in [3.8, 4) is 5.69 Å². The van der Waals surface area contributed by atoms with Crippen molar-refractivity contribution in [1.82, 2.24) is 14.7 Å². The lowest BCUT2D eigenvalue weighted by atomic mass is 10.1. The van der Waals surface area contributed by atoms with Crippen LogP contribution in [0.3, 0.4) is 0 Å². The zero-order valence-corrected chi connectivity index (χ0v) is 15.2. The topological polar surface area (TPSA) is 38.1 Å². The Labute approximate surface area is 159 Å². The number of carbonyl (C=O) groups is 1. The molecule has 26 heavy (non-hydrogen) atoms. The minimum absolute atomic E-state index is 0.216. The second kappa shape index (κ2) is 6.67. The van der Waals surface area contributed by atoms with Crippen molar-refractivity contribution in [1.29, 1.82) is 0 Å². The third kappa shape index (κ3) is 2.91. The Morgan fingerprint density at radius 2 is 1.88 bits per heavy atom. The van der Waals surface area contributed by atoms with Gasteiger partial charge >= 0.3 is 0 Å². The third-order valence-electron chi connectivity index (χ3n) is 4.79. The first-order valence-electron chi connectivity index (χ1n) is 8.34. The Hall–Kier alpha value is -1.92. The molecule has 2 heterocycles. The monoisotopic (exact) mass is 397 g/mol. The Balaban J connectivity index is 1.72. The minimum Gasteiger partial charge on any atom is -0.332 e. The van der Waals surface area contributed by atoms with Crippen LogP contribution in [-0.4, -0.2) is 33.7 Å². The summed E-state index contributed by atoms with van der Waals surface area (Å²) in [6, 6.07) is 3.61. The highest BCUT2D eigenvalue weighted by Gasteiger charge is 2.31. The van der Waals surface area contributed by atoms with Gasteiger partial charge in [-0.15, -0.1) is 0 Å². The van der Waals surface area contributed by atoms with E-state index in [1.165, 1.54) is 6.07 Å². The van der Waals surface area contributed by atoms with E-state index >= 15 is 0 Å². The lowest BCUT2D eigenvalue weighted by molar-refractivity contribution is 0.0761. The molecule has 1 aliphatic heterocycles. The summed E-state index contributed by atoms with van der Waals surface area (Å²) in [5.41, 5.74) is 2.50. The summed E-state index contributed by atoms with van der Waals surface area (Å²) in [7, 11) is 0. The Morgan fingerprint density at radius 1 is 1.08 bits per heavy atom. The molecule has 0 spiro atoms. The largest absolute Gasteiger partial charge is 0.332 e. The molecule has 4 rings (SSSR count). The van der Waals surface area contributed by atoms with Gasteiger partial charge in [-0.2, -0.15) is 5.10 Å². The molecular formula is C18H15Cl2F2N3O. The van der Waals surface area contributed by atoms with Crippen molar-refractivity contribution < 1.29 is 13.6 Å². The molecule has 1 aliphatic carbocycles. The molecule has 0 saturated heterocycles. The van der Waals surface area contributed by atoms with Gasteiger partial charge in [0.1, 0.15) is 0 Å². The molecule has 0 N–H and O–H groups in total. The van der Waals surface area contributed by atoms with Crippen LogP contribution in [0.15, 0.2) is 28.3 Å². The predicted octanol–water partition coefficient (Wildman–Crippen LogP) is 4.17. The van der Waals surface area contributed by atoms with Crippen LogP contribution < -0.4 is 0 Å². The van der Waals surface area contributed by atoms with Crippen LogP contribution in [0, 0.1) is 11.6 Å². The van der Waals surface area contributed by atoms with E-state index in [0.29, 0.717) is 34.4 Å². The number of aromatic nitrogens is 2. The molecule has 136 valence electrons. The number of fused-ring (bicyclic) bond motifs is 1. The van der Waals surface area contributed by atoms with Crippen LogP contribution in [0.4, 0.5) is 8.78 Å². The smallest absolute Gasteiger partial charge is 0.275 e. The summed E-state index contributed by atoms with van der Waals surface area (Å²) < 4.78 is 28.4. The molecule has 0 fully saturated rings. The van der Waals surface area contributed by atoms with Crippen LogP contribution in [0.5, 0.6) is 0 Å². The van der Waals surface area contributed by atoms with E-state index in [2.05, 4.69) is 5.10 Å². The molecule has 2 aliphatic rings. The molecule has 1 aromatic heterocycles. The molecule has 2 aromatic rings. The number of benzene rings is 1. The molecular weight excluding hydrogens is 383 g/mol. The fourth-order valence-electron chi connectivity index (χ4n) is 3.46. The number of hydrogen-bond acceptors (Lipinski definition) is 2. The molecule has 0 atom stereocenters. The Bertz CT molecular complexity index is 939. The normalized spacial score (nSPS) is 17.0. The van der Waals surface area contributed by atoms with Crippen molar-refractivity contribution in [2.24, 2.45) is 0 Å². The van der Waals surface area contributed by atoms with E-state index < -0.39 is 11.6 Å². The van der Waals surface area contributed by atoms with E-state index in [0.717, 1.165) is 42.7 Å². The second-order valence-electron chi connectivity index (χ2n) is 6.42. The number of carbonyl (C=O) groups excluding carboxylic acids is 1.